The molecule has 0 radical (unpaired) electrons. The number of rotatable bonds is 5. The van der Waals surface area contributed by atoms with Gasteiger partial charge in [0.15, 0.2) is 0 Å². The fourth-order valence-corrected chi connectivity index (χ4v) is 2.95. The van der Waals surface area contributed by atoms with Crippen molar-refractivity contribution in [2.45, 2.75) is 6.42 Å². The lowest BCUT2D eigenvalue weighted by Crippen LogP contribution is -2.28. The van der Waals surface area contributed by atoms with Gasteiger partial charge in [-0.2, -0.15) is 0 Å². The van der Waals surface area contributed by atoms with E-state index in [4.69, 9.17) is 4.74 Å². The summed E-state index contributed by atoms with van der Waals surface area (Å²) in [5.41, 5.74) is 1.69. The zero-order valence-electron chi connectivity index (χ0n) is 15.1. The number of carbonyl (C=O) groups is 3. The first kappa shape index (κ1) is 18.4. The van der Waals surface area contributed by atoms with Gasteiger partial charge in [-0.15, -0.1) is 0 Å². The first-order valence-electron chi connectivity index (χ1n) is 8.45. The fraction of sp³-hybridized carbons (Fsp3) is 0.250. The van der Waals surface area contributed by atoms with Gasteiger partial charge in [0.1, 0.15) is 5.75 Å². The number of methoxy groups -OCH3 is 2. The molecule has 0 unspecified atom stereocenters. The summed E-state index contributed by atoms with van der Waals surface area (Å²) >= 11 is 0. The minimum absolute atomic E-state index is 0.0960. The molecule has 1 aliphatic rings. The number of amides is 2. The Kier molecular flexibility index (Phi) is 5.40. The normalized spacial score (nSPS) is 16.1. The van der Waals surface area contributed by atoms with Crippen LogP contribution in [0, 0.1) is 5.92 Å². The Bertz CT molecular complexity index is 846. The number of ether oxygens (including phenoxy) is 2. The molecule has 2 amide bonds. The van der Waals surface area contributed by atoms with Crippen molar-refractivity contribution in [1.29, 1.82) is 0 Å². The number of hydrogen-bond acceptors (Lipinski definition) is 5. The van der Waals surface area contributed by atoms with Crippen molar-refractivity contribution in [3.8, 4) is 5.75 Å². The first-order chi connectivity index (χ1) is 13.0. The maximum absolute atomic E-state index is 12.5. The standard InChI is InChI=1S/C20H20N2O5/c1-26-17-9-7-16(8-10-17)22-12-14(11-18(22)23)19(24)21-15-5-3-13(4-6-15)20(25)27-2/h3-10,14H,11-12H2,1-2H3,(H,21,24)/t14-/m1/s1. The van der Waals surface area contributed by atoms with Crippen molar-refractivity contribution in [3.05, 3.63) is 54.1 Å². The van der Waals surface area contributed by atoms with Crippen LogP contribution in [0.25, 0.3) is 0 Å². The Labute approximate surface area is 156 Å². The molecule has 1 fully saturated rings. The Morgan fingerprint density at radius 2 is 1.70 bits per heavy atom. The average Bonchev–Trinajstić information content (AvgIpc) is 3.10. The Hall–Kier alpha value is -3.35. The second-order valence-electron chi connectivity index (χ2n) is 6.16. The first-order valence-corrected chi connectivity index (χ1v) is 8.45. The summed E-state index contributed by atoms with van der Waals surface area (Å²) < 4.78 is 9.76. The third kappa shape index (κ3) is 4.08. The summed E-state index contributed by atoms with van der Waals surface area (Å²) in [6.07, 6.45) is 0.151. The predicted molar refractivity (Wildman–Crippen MR) is 99.9 cm³/mol. The van der Waals surface area contributed by atoms with E-state index in [1.54, 1.807) is 60.5 Å². The Balaban J connectivity index is 1.64. The molecule has 2 aromatic carbocycles. The van der Waals surface area contributed by atoms with E-state index in [0.717, 1.165) is 5.69 Å². The molecule has 0 bridgehead atoms. The van der Waals surface area contributed by atoms with Gasteiger partial charge in [0.05, 0.1) is 25.7 Å². The van der Waals surface area contributed by atoms with Crippen molar-refractivity contribution < 1.29 is 23.9 Å². The number of nitrogens with one attached hydrogen (secondary N) is 1. The van der Waals surface area contributed by atoms with Crippen LogP contribution >= 0.6 is 0 Å². The van der Waals surface area contributed by atoms with Crippen LogP contribution in [0.5, 0.6) is 5.75 Å². The van der Waals surface area contributed by atoms with Crippen molar-refractivity contribution in [2.24, 2.45) is 5.92 Å². The van der Waals surface area contributed by atoms with Crippen LogP contribution in [-0.2, 0) is 14.3 Å². The molecular weight excluding hydrogens is 348 g/mol. The summed E-state index contributed by atoms with van der Waals surface area (Å²) in [6, 6.07) is 13.5. The van der Waals surface area contributed by atoms with E-state index in [9.17, 15) is 14.4 Å². The maximum Gasteiger partial charge on any atom is 0.337 e. The largest absolute Gasteiger partial charge is 0.497 e. The third-order valence-corrected chi connectivity index (χ3v) is 4.45. The van der Waals surface area contributed by atoms with Crippen LogP contribution in [0.4, 0.5) is 11.4 Å². The Morgan fingerprint density at radius 1 is 1.04 bits per heavy atom. The topological polar surface area (TPSA) is 84.9 Å². The molecule has 7 nitrogen and oxygen atoms in total. The second kappa shape index (κ2) is 7.90. The molecule has 0 spiro atoms. The number of hydrogen-bond donors (Lipinski definition) is 1. The highest BCUT2D eigenvalue weighted by Gasteiger charge is 2.35. The number of carbonyl (C=O) groups excluding carboxylic acids is 3. The molecule has 1 heterocycles. The average molecular weight is 368 g/mol. The van der Waals surface area contributed by atoms with Crippen molar-refractivity contribution in [3.63, 3.8) is 0 Å². The lowest BCUT2D eigenvalue weighted by atomic mass is 10.1. The quantitative estimate of drug-likeness (QED) is 0.820. The number of anilines is 2. The molecule has 3 rings (SSSR count). The highest BCUT2D eigenvalue weighted by Crippen LogP contribution is 2.27. The zero-order chi connectivity index (χ0) is 19.4. The molecule has 1 aliphatic heterocycles. The molecule has 27 heavy (non-hydrogen) atoms. The van der Waals surface area contributed by atoms with Gasteiger partial charge in [-0.1, -0.05) is 0 Å². The van der Waals surface area contributed by atoms with Gasteiger partial charge in [-0.3, -0.25) is 9.59 Å². The molecule has 1 N–H and O–H groups in total. The molecule has 140 valence electrons. The van der Waals surface area contributed by atoms with E-state index in [0.29, 0.717) is 23.5 Å². The summed E-state index contributed by atoms with van der Waals surface area (Å²) in [4.78, 5) is 37.9. The summed E-state index contributed by atoms with van der Waals surface area (Å²) in [5, 5.41) is 2.79. The van der Waals surface area contributed by atoms with E-state index in [1.165, 1.54) is 7.11 Å². The fourth-order valence-electron chi connectivity index (χ4n) is 2.95. The van der Waals surface area contributed by atoms with Crippen LogP contribution in [-0.4, -0.2) is 38.5 Å². The summed E-state index contributed by atoms with van der Waals surface area (Å²) in [5.74, 6) is -0.508. The van der Waals surface area contributed by atoms with Gasteiger partial charge in [-0.25, -0.2) is 4.79 Å². The van der Waals surface area contributed by atoms with Crippen LogP contribution in [0.15, 0.2) is 48.5 Å². The molecule has 2 aromatic rings. The third-order valence-electron chi connectivity index (χ3n) is 4.45. The van der Waals surface area contributed by atoms with Crippen molar-refractivity contribution >= 4 is 29.2 Å². The van der Waals surface area contributed by atoms with E-state index in [-0.39, 0.29) is 18.2 Å². The van der Waals surface area contributed by atoms with Crippen LogP contribution in [0.2, 0.25) is 0 Å². The smallest absolute Gasteiger partial charge is 0.337 e. The minimum atomic E-state index is -0.445. The highest BCUT2D eigenvalue weighted by atomic mass is 16.5. The van der Waals surface area contributed by atoms with Gasteiger partial charge in [0.2, 0.25) is 11.8 Å². The van der Waals surface area contributed by atoms with Gasteiger partial charge in [0.25, 0.3) is 0 Å². The van der Waals surface area contributed by atoms with Gasteiger partial charge >= 0.3 is 5.97 Å². The van der Waals surface area contributed by atoms with Crippen LogP contribution < -0.4 is 15.0 Å². The summed E-state index contributed by atoms with van der Waals surface area (Å²) in [6.45, 7) is 0.317. The van der Waals surface area contributed by atoms with Gasteiger partial charge < -0.3 is 19.7 Å². The maximum atomic E-state index is 12.5. The van der Waals surface area contributed by atoms with Gasteiger partial charge in [-0.05, 0) is 48.5 Å². The van der Waals surface area contributed by atoms with Crippen molar-refractivity contribution in [2.75, 3.05) is 31.0 Å². The molecule has 7 heteroatoms. The predicted octanol–water partition coefficient (Wildman–Crippen LogP) is 2.47. The lowest BCUT2D eigenvalue weighted by molar-refractivity contribution is -0.122. The number of esters is 1. The molecule has 0 saturated carbocycles. The van der Waals surface area contributed by atoms with E-state index >= 15 is 0 Å². The zero-order valence-corrected chi connectivity index (χ0v) is 15.1. The molecule has 1 saturated heterocycles. The van der Waals surface area contributed by atoms with Crippen LogP contribution in [0.3, 0.4) is 0 Å². The highest BCUT2D eigenvalue weighted by molar-refractivity contribution is 6.03. The molecule has 0 aliphatic carbocycles. The molecule has 0 aromatic heterocycles. The monoisotopic (exact) mass is 368 g/mol. The second-order valence-corrected chi connectivity index (χ2v) is 6.16. The lowest BCUT2D eigenvalue weighted by Gasteiger charge is -2.17. The molecular formula is C20H20N2O5. The van der Waals surface area contributed by atoms with Crippen molar-refractivity contribution in [1.82, 2.24) is 0 Å². The van der Waals surface area contributed by atoms with E-state index in [2.05, 4.69) is 10.1 Å². The van der Waals surface area contributed by atoms with Crippen LogP contribution in [0.1, 0.15) is 16.8 Å². The molecule has 1 atom stereocenters. The SMILES string of the molecule is COC(=O)c1ccc(NC(=O)[C@@H]2CC(=O)N(c3ccc(OC)cc3)C2)cc1. The van der Waals surface area contributed by atoms with E-state index in [1.807, 2.05) is 0 Å². The number of nitrogens with zero attached hydrogens (tertiary/aromatic N) is 1. The number of benzene rings is 2. The minimum Gasteiger partial charge on any atom is -0.497 e. The summed E-state index contributed by atoms with van der Waals surface area (Å²) in [7, 11) is 2.89. The Morgan fingerprint density at radius 3 is 2.30 bits per heavy atom. The van der Waals surface area contributed by atoms with Gasteiger partial charge in [0, 0.05) is 24.3 Å². The van der Waals surface area contributed by atoms with E-state index < -0.39 is 11.9 Å².